The van der Waals surface area contributed by atoms with Gasteiger partial charge in [0.15, 0.2) is 17.2 Å². The van der Waals surface area contributed by atoms with E-state index in [1.165, 1.54) is 39.0 Å². The number of hydrazone groups is 1. The second-order valence-corrected chi connectivity index (χ2v) is 9.58. The van der Waals surface area contributed by atoms with E-state index in [0.29, 0.717) is 51.6 Å². The van der Waals surface area contributed by atoms with Gasteiger partial charge in [-0.3, -0.25) is 4.79 Å². The molecule has 0 saturated heterocycles. The number of benzene rings is 3. The molecule has 38 heavy (non-hydrogen) atoms. The summed E-state index contributed by atoms with van der Waals surface area (Å²) in [5.74, 6) is 1.06. The third-order valence-electron chi connectivity index (χ3n) is 5.81. The van der Waals surface area contributed by atoms with Crippen molar-refractivity contribution in [3.8, 4) is 17.2 Å². The summed E-state index contributed by atoms with van der Waals surface area (Å²) < 4.78 is 17.1. The van der Waals surface area contributed by atoms with Crippen LogP contribution < -0.4 is 19.6 Å². The third kappa shape index (κ3) is 9.26. The molecule has 1 N–H and O–H groups in total. The molecule has 0 aliphatic rings. The van der Waals surface area contributed by atoms with Gasteiger partial charge in [-0.25, -0.2) is 5.43 Å². The van der Waals surface area contributed by atoms with Crippen LogP contribution in [0.1, 0.15) is 66.9 Å². The molecule has 0 spiro atoms. The number of hydrogen-bond acceptors (Lipinski definition) is 5. The number of rotatable bonds is 15. The van der Waals surface area contributed by atoms with Crippen molar-refractivity contribution in [2.45, 2.75) is 52.1 Å². The fourth-order valence-electron chi connectivity index (χ4n) is 3.74. The van der Waals surface area contributed by atoms with E-state index in [0.717, 1.165) is 18.4 Å². The number of unbranched alkanes of at least 4 members (excludes halogenated alkanes) is 5. The van der Waals surface area contributed by atoms with Crippen LogP contribution in [0.15, 0.2) is 65.8 Å². The molecule has 3 rings (SSSR count). The van der Waals surface area contributed by atoms with Gasteiger partial charge >= 0.3 is 0 Å². The van der Waals surface area contributed by atoms with Gasteiger partial charge in [0.2, 0.25) is 0 Å². The van der Waals surface area contributed by atoms with Crippen LogP contribution in [0.4, 0.5) is 0 Å². The van der Waals surface area contributed by atoms with Crippen LogP contribution >= 0.6 is 23.2 Å². The van der Waals surface area contributed by atoms with Gasteiger partial charge in [-0.1, -0.05) is 92.6 Å². The minimum Gasteiger partial charge on any atom is -0.493 e. The first-order valence-corrected chi connectivity index (χ1v) is 13.6. The summed E-state index contributed by atoms with van der Waals surface area (Å²) in [6.07, 6.45) is 8.51. The molecule has 6 nitrogen and oxygen atoms in total. The zero-order chi connectivity index (χ0) is 27.2. The monoisotopic (exact) mass is 556 g/mol. The Labute approximate surface area is 234 Å². The van der Waals surface area contributed by atoms with Gasteiger partial charge in [0.1, 0.15) is 6.61 Å². The van der Waals surface area contributed by atoms with Crippen LogP contribution in [0.5, 0.6) is 17.2 Å². The van der Waals surface area contributed by atoms with Crippen molar-refractivity contribution in [3.05, 3.63) is 87.4 Å². The fourth-order valence-corrected chi connectivity index (χ4v) is 4.35. The maximum Gasteiger partial charge on any atom is 0.271 e. The summed E-state index contributed by atoms with van der Waals surface area (Å²) in [4.78, 5) is 12.6. The molecule has 0 unspecified atom stereocenters. The van der Waals surface area contributed by atoms with Crippen molar-refractivity contribution >= 4 is 35.3 Å². The molecule has 0 heterocycles. The van der Waals surface area contributed by atoms with Crippen molar-refractivity contribution in [1.82, 2.24) is 5.43 Å². The van der Waals surface area contributed by atoms with E-state index in [1.54, 1.807) is 30.3 Å². The lowest BCUT2D eigenvalue weighted by molar-refractivity contribution is 0.0954. The molecule has 0 aromatic heterocycles. The Kier molecular flexibility index (Phi) is 12.3. The highest BCUT2D eigenvalue weighted by Gasteiger charge is 2.12. The van der Waals surface area contributed by atoms with E-state index in [1.807, 2.05) is 30.3 Å². The standard InChI is InChI=1S/C30H34Cl2N2O4/c1-3-4-5-6-7-11-16-37-29-25(31)17-23(18-26(29)32)20-33-34-30(35)24-14-15-27(28(19-24)36-2)38-21-22-12-9-8-10-13-22/h8-10,12-15,17-20H,3-7,11,16,21H2,1-2H3,(H,34,35)/b33-20+. The Morgan fingerprint density at radius 1 is 0.895 bits per heavy atom. The molecular formula is C30H34Cl2N2O4. The molecule has 3 aromatic carbocycles. The normalized spacial score (nSPS) is 10.9. The minimum atomic E-state index is -0.398. The van der Waals surface area contributed by atoms with Crippen LogP contribution in [0, 0.1) is 0 Å². The lowest BCUT2D eigenvalue weighted by atomic mass is 10.1. The third-order valence-corrected chi connectivity index (χ3v) is 6.37. The van der Waals surface area contributed by atoms with E-state index < -0.39 is 5.91 Å². The second kappa shape index (κ2) is 15.9. The summed E-state index contributed by atoms with van der Waals surface area (Å²) in [6, 6.07) is 18.1. The van der Waals surface area contributed by atoms with E-state index in [2.05, 4.69) is 17.5 Å². The molecule has 0 aliphatic heterocycles. The van der Waals surface area contributed by atoms with Gasteiger partial charge < -0.3 is 14.2 Å². The van der Waals surface area contributed by atoms with E-state index in [4.69, 9.17) is 37.4 Å². The number of methoxy groups -OCH3 is 1. The number of carbonyl (C=O) groups is 1. The van der Waals surface area contributed by atoms with Crippen LogP contribution in [0.25, 0.3) is 0 Å². The lowest BCUT2D eigenvalue weighted by Gasteiger charge is -2.12. The molecule has 0 fully saturated rings. The Morgan fingerprint density at radius 2 is 1.61 bits per heavy atom. The molecule has 202 valence electrons. The topological polar surface area (TPSA) is 69.2 Å². The van der Waals surface area contributed by atoms with Gasteiger partial charge in [0.25, 0.3) is 5.91 Å². The first-order chi connectivity index (χ1) is 18.5. The van der Waals surface area contributed by atoms with Gasteiger partial charge in [-0.15, -0.1) is 0 Å². The lowest BCUT2D eigenvalue weighted by Crippen LogP contribution is -2.17. The van der Waals surface area contributed by atoms with Crippen LogP contribution in [-0.4, -0.2) is 25.8 Å². The van der Waals surface area contributed by atoms with Crippen molar-refractivity contribution in [2.75, 3.05) is 13.7 Å². The highest BCUT2D eigenvalue weighted by molar-refractivity contribution is 6.37. The van der Waals surface area contributed by atoms with E-state index in [-0.39, 0.29) is 0 Å². The minimum absolute atomic E-state index is 0.376. The molecular weight excluding hydrogens is 523 g/mol. The number of nitrogens with one attached hydrogen (secondary N) is 1. The zero-order valence-corrected chi connectivity index (χ0v) is 23.4. The van der Waals surface area contributed by atoms with E-state index >= 15 is 0 Å². The van der Waals surface area contributed by atoms with Crippen LogP contribution in [0.2, 0.25) is 10.0 Å². The Bertz CT molecular complexity index is 1180. The van der Waals surface area contributed by atoms with Crippen molar-refractivity contribution < 1.29 is 19.0 Å². The summed E-state index contributed by atoms with van der Waals surface area (Å²) >= 11 is 12.8. The number of halogens is 2. The van der Waals surface area contributed by atoms with Crippen molar-refractivity contribution in [1.29, 1.82) is 0 Å². The predicted molar refractivity (Wildman–Crippen MR) is 154 cm³/mol. The maximum absolute atomic E-state index is 12.6. The van der Waals surface area contributed by atoms with E-state index in [9.17, 15) is 4.79 Å². The smallest absolute Gasteiger partial charge is 0.271 e. The van der Waals surface area contributed by atoms with Gasteiger partial charge in [-0.2, -0.15) is 5.10 Å². The predicted octanol–water partition coefficient (Wildman–Crippen LogP) is 8.08. The van der Waals surface area contributed by atoms with Crippen LogP contribution in [-0.2, 0) is 6.61 Å². The highest BCUT2D eigenvalue weighted by Crippen LogP contribution is 2.34. The van der Waals surface area contributed by atoms with Crippen molar-refractivity contribution in [2.24, 2.45) is 5.10 Å². The molecule has 1 amide bonds. The summed E-state index contributed by atoms with van der Waals surface area (Å²) in [6.45, 7) is 3.16. The largest absolute Gasteiger partial charge is 0.493 e. The maximum atomic E-state index is 12.6. The molecule has 0 bridgehead atoms. The summed E-state index contributed by atoms with van der Waals surface area (Å²) in [7, 11) is 1.53. The quantitative estimate of drug-likeness (QED) is 0.117. The number of ether oxygens (including phenoxy) is 3. The summed E-state index contributed by atoms with van der Waals surface area (Å²) in [5, 5.41) is 4.83. The Hall–Kier alpha value is -3.22. The molecule has 8 heteroatoms. The van der Waals surface area contributed by atoms with Crippen LogP contribution in [0.3, 0.4) is 0 Å². The summed E-state index contributed by atoms with van der Waals surface area (Å²) in [5.41, 5.74) is 4.55. The average Bonchev–Trinajstić information content (AvgIpc) is 2.93. The Morgan fingerprint density at radius 3 is 2.32 bits per heavy atom. The second-order valence-electron chi connectivity index (χ2n) is 8.77. The number of carbonyl (C=O) groups excluding carboxylic acids is 1. The fraction of sp³-hybridized carbons (Fsp3) is 0.333. The molecule has 0 saturated carbocycles. The molecule has 0 aliphatic carbocycles. The Balaban J connectivity index is 1.52. The zero-order valence-electron chi connectivity index (χ0n) is 21.8. The van der Waals surface area contributed by atoms with Gasteiger partial charge in [0.05, 0.1) is 30.0 Å². The number of hydrogen-bond donors (Lipinski definition) is 1. The average molecular weight is 558 g/mol. The first kappa shape index (κ1) is 29.3. The van der Waals surface area contributed by atoms with Gasteiger partial charge in [-0.05, 0) is 47.9 Å². The number of nitrogens with zero attached hydrogens (tertiary/aromatic N) is 1. The highest BCUT2D eigenvalue weighted by atomic mass is 35.5. The van der Waals surface area contributed by atoms with Crippen molar-refractivity contribution in [3.63, 3.8) is 0 Å². The SMILES string of the molecule is CCCCCCCCOc1c(Cl)cc(/C=N/NC(=O)c2ccc(OCc3ccccc3)c(OC)c2)cc1Cl. The molecule has 0 atom stereocenters. The number of amides is 1. The first-order valence-electron chi connectivity index (χ1n) is 12.8. The molecule has 0 radical (unpaired) electrons. The van der Waals surface area contributed by atoms with Gasteiger partial charge in [0, 0.05) is 5.56 Å². The molecule has 3 aromatic rings.